The number of carbonyl (C=O) groups is 1. The minimum absolute atomic E-state index is 0.101. The lowest BCUT2D eigenvalue weighted by Crippen LogP contribution is -2.30. The van der Waals surface area contributed by atoms with E-state index in [9.17, 15) is 4.79 Å². The van der Waals surface area contributed by atoms with Crippen LogP contribution in [-0.4, -0.2) is 24.2 Å². The Labute approximate surface area is 163 Å². The SMILES string of the molecule is Cc1cccnc1NC(=O)NCCCOc1ccc(C(C)(C)C)cc1Br. The summed E-state index contributed by atoms with van der Waals surface area (Å²) in [5.41, 5.74) is 2.28. The number of hydrogen-bond acceptors (Lipinski definition) is 3. The van der Waals surface area contributed by atoms with Crippen molar-refractivity contribution in [2.45, 2.75) is 39.5 Å². The summed E-state index contributed by atoms with van der Waals surface area (Å²) in [4.78, 5) is 16.0. The van der Waals surface area contributed by atoms with Gasteiger partial charge in [0.2, 0.25) is 0 Å². The summed E-state index contributed by atoms with van der Waals surface area (Å²) in [5.74, 6) is 1.38. The molecular formula is C20H26BrN3O2. The number of amides is 2. The molecule has 2 rings (SSSR count). The van der Waals surface area contributed by atoms with Gasteiger partial charge in [-0.25, -0.2) is 9.78 Å². The van der Waals surface area contributed by atoms with Gasteiger partial charge in [0.05, 0.1) is 11.1 Å². The Hall–Kier alpha value is -2.08. The third kappa shape index (κ3) is 6.02. The van der Waals surface area contributed by atoms with Gasteiger partial charge in [0.15, 0.2) is 0 Å². The molecule has 0 aliphatic heterocycles. The van der Waals surface area contributed by atoms with Gasteiger partial charge >= 0.3 is 6.03 Å². The van der Waals surface area contributed by atoms with Crippen molar-refractivity contribution in [2.24, 2.45) is 0 Å². The molecule has 140 valence electrons. The van der Waals surface area contributed by atoms with Crippen molar-refractivity contribution in [3.63, 3.8) is 0 Å². The summed E-state index contributed by atoms with van der Waals surface area (Å²) in [6.07, 6.45) is 2.36. The Balaban J connectivity index is 1.72. The molecule has 26 heavy (non-hydrogen) atoms. The van der Waals surface area contributed by atoms with E-state index in [0.29, 0.717) is 25.4 Å². The maximum Gasteiger partial charge on any atom is 0.320 e. The molecule has 2 N–H and O–H groups in total. The van der Waals surface area contributed by atoms with Crippen LogP contribution in [0.5, 0.6) is 5.75 Å². The Morgan fingerprint density at radius 3 is 2.69 bits per heavy atom. The normalized spacial score (nSPS) is 11.1. The first-order chi connectivity index (χ1) is 12.3. The topological polar surface area (TPSA) is 63.2 Å². The fourth-order valence-corrected chi connectivity index (χ4v) is 2.80. The quantitative estimate of drug-likeness (QED) is 0.644. The smallest absolute Gasteiger partial charge is 0.320 e. The van der Waals surface area contributed by atoms with Crippen molar-refractivity contribution >= 4 is 27.8 Å². The summed E-state index contributed by atoms with van der Waals surface area (Å²) in [5, 5.41) is 5.55. The molecule has 2 aromatic rings. The van der Waals surface area contributed by atoms with Crippen LogP contribution in [-0.2, 0) is 5.41 Å². The van der Waals surface area contributed by atoms with Crippen molar-refractivity contribution in [3.8, 4) is 5.75 Å². The van der Waals surface area contributed by atoms with Gasteiger partial charge in [-0.2, -0.15) is 0 Å². The molecule has 1 aromatic heterocycles. The second-order valence-electron chi connectivity index (χ2n) is 7.15. The van der Waals surface area contributed by atoms with Crippen LogP contribution in [0.1, 0.15) is 38.3 Å². The minimum atomic E-state index is -0.262. The standard InChI is InChI=1S/C20H26BrN3O2/c1-14-7-5-10-22-18(14)24-19(25)23-11-6-12-26-17-9-8-15(13-16(17)21)20(2,3)4/h5,7-10,13H,6,11-12H2,1-4H3,(H2,22,23,24,25). The van der Waals surface area contributed by atoms with Crippen LogP contribution in [0.3, 0.4) is 0 Å². The average Bonchev–Trinajstić information content (AvgIpc) is 2.57. The summed E-state index contributed by atoms with van der Waals surface area (Å²) >= 11 is 3.56. The molecule has 0 unspecified atom stereocenters. The fraction of sp³-hybridized carbons (Fsp3) is 0.400. The van der Waals surface area contributed by atoms with Crippen molar-refractivity contribution in [1.82, 2.24) is 10.3 Å². The van der Waals surface area contributed by atoms with Crippen LogP contribution in [0.15, 0.2) is 41.0 Å². The lowest BCUT2D eigenvalue weighted by atomic mass is 9.87. The minimum Gasteiger partial charge on any atom is -0.492 e. The number of halogens is 1. The molecule has 0 aliphatic carbocycles. The highest BCUT2D eigenvalue weighted by molar-refractivity contribution is 9.10. The molecule has 0 bridgehead atoms. The number of carbonyl (C=O) groups excluding carboxylic acids is 1. The van der Waals surface area contributed by atoms with Crippen molar-refractivity contribution < 1.29 is 9.53 Å². The Bertz CT molecular complexity index is 757. The number of hydrogen-bond donors (Lipinski definition) is 2. The van der Waals surface area contributed by atoms with Crippen LogP contribution >= 0.6 is 15.9 Å². The molecule has 5 nitrogen and oxygen atoms in total. The summed E-state index contributed by atoms with van der Waals surface area (Å²) < 4.78 is 6.74. The number of benzene rings is 1. The molecule has 6 heteroatoms. The van der Waals surface area contributed by atoms with Crippen LogP contribution in [0.25, 0.3) is 0 Å². The van der Waals surface area contributed by atoms with Crippen LogP contribution in [0, 0.1) is 6.92 Å². The van der Waals surface area contributed by atoms with Gasteiger partial charge in [0, 0.05) is 12.7 Å². The van der Waals surface area contributed by atoms with Crippen LogP contribution < -0.4 is 15.4 Å². The number of ether oxygens (including phenoxy) is 1. The molecule has 0 saturated carbocycles. The molecule has 0 fully saturated rings. The van der Waals surface area contributed by atoms with E-state index in [1.54, 1.807) is 6.20 Å². The fourth-order valence-electron chi connectivity index (χ4n) is 2.31. The molecule has 0 atom stereocenters. The zero-order valence-corrected chi connectivity index (χ0v) is 17.3. The molecule has 0 spiro atoms. The van der Waals surface area contributed by atoms with E-state index >= 15 is 0 Å². The zero-order chi connectivity index (χ0) is 19.2. The number of aryl methyl sites for hydroxylation is 1. The van der Waals surface area contributed by atoms with Gasteiger partial charge in [-0.15, -0.1) is 0 Å². The number of nitrogens with zero attached hydrogens (tertiary/aromatic N) is 1. The second-order valence-corrected chi connectivity index (χ2v) is 8.00. The van der Waals surface area contributed by atoms with E-state index in [-0.39, 0.29) is 11.4 Å². The van der Waals surface area contributed by atoms with E-state index in [1.807, 2.05) is 25.1 Å². The molecule has 2 amide bonds. The van der Waals surface area contributed by atoms with Gasteiger partial charge in [-0.05, 0) is 64.0 Å². The van der Waals surface area contributed by atoms with Gasteiger partial charge < -0.3 is 10.1 Å². The lowest BCUT2D eigenvalue weighted by molar-refractivity contribution is 0.250. The molecular weight excluding hydrogens is 394 g/mol. The molecule has 0 radical (unpaired) electrons. The maximum atomic E-state index is 11.9. The highest BCUT2D eigenvalue weighted by Crippen LogP contribution is 2.31. The first kappa shape index (κ1) is 20.2. The van der Waals surface area contributed by atoms with E-state index < -0.39 is 0 Å². The zero-order valence-electron chi connectivity index (χ0n) is 15.7. The first-order valence-corrected chi connectivity index (χ1v) is 9.46. The number of pyridine rings is 1. The number of rotatable bonds is 6. The van der Waals surface area contributed by atoms with E-state index in [0.717, 1.165) is 15.8 Å². The lowest BCUT2D eigenvalue weighted by Gasteiger charge is -2.20. The van der Waals surface area contributed by atoms with E-state index in [2.05, 4.69) is 64.5 Å². The van der Waals surface area contributed by atoms with Crippen LogP contribution in [0.4, 0.5) is 10.6 Å². The maximum absolute atomic E-state index is 11.9. The largest absolute Gasteiger partial charge is 0.492 e. The number of aromatic nitrogens is 1. The first-order valence-electron chi connectivity index (χ1n) is 8.66. The summed E-state index contributed by atoms with van der Waals surface area (Å²) in [6, 6.07) is 9.63. The summed E-state index contributed by atoms with van der Waals surface area (Å²) in [7, 11) is 0. The Kier molecular flexibility index (Phi) is 7.03. The summed E-state index contributed by atoms with van der Waals surface area (Å²) in [6.45, 7) is 9.49. The predicted molar refractivity (Wildman–Crippen MR) is 109 cm³/mol. The Morgan fingerprint density at radius 1 is 1.27 bits per heavy atom. The van der Waals surface area contributed by atoms with E-state index in [4.69, 9.17) is 4.74 Å². The number of nitrogens with one attached hydrogen (secondary N) is 2. The third-order valence-corrected chi connectivity index (χ3v) is 4.52. The molecule has 1 heterocycles. The third-order valence-electron chi connectivity index (χ3n) is 3.90. The highest BCUT2D eigenvalue weighted by Gasteiger charge is 2.15. The average molecular weight is 420 g/mol. The van der Waals surface area contributed by atoms with Crippen molar-refractivity contribution in [1.29, 1.82) is 0 Å². The monoisotopic (exact) mass is 419 g/mol. The highest BCUT2D eigenvalue weighted by atomic mass is 79.9. The second kappa shape index (κ2) is 9.03. The van der Waals surface area contributed by atoms with Crippen LogP contribution in [0.2, 0.25) is 0 Å². The van der Waals surface area contributed by atoms with Gasteiger partial charge in [-0.1, -0.05) is 32.9 Å². The molecule has 0 saturated heterocycles. The van der Waals surface area contributed by atoms with Crippen molar-refractivity contribution in [2.75, 3.05) is 18.5 Å². The predicted octanol–water partition coefficient (Wildman–Crippen LogP) is 5.04. The Morgan fingerprint density at radius 2 is 2.04 bits per heavy atom. The van der Waals surface area contributed by atoms with Gasteiger partial charge in [0.1, 0.15) is 11.6 Å². The van der Waals surface area contributed by atoms with Gasteiger partial charge in [-0.3, -0.25) is 5.32 Å². The molecule has 0 aliphatic rings. The van der Waals surface area contributed by atoms with E-state index in [1.165, 1.54) is 5.56 Å². The number of anilines is 1. The number of urea groups is 1. The van der Waals surface area contributed by atoms with Crippen molar-refractivity contribution in [3.05, 3.63) is 52.1 Å². The van der Waals surface area contributed by atoms with Gasteiger partial charge in [0.25, 0.3) is 0 Å². The molecule has 1 aromatic carbocycles.